The summed E-state index contributed by atoms with van der Waals surface area (Å²) in [5, 5.41) is 5.91. The van der Waals surface area contributed by atoms with E-state index in [0.29, 0.717) is 12.5 Å². The van der Waals surface area contributed by atoms with Gasteiger partial charge in [0, 0.05) is 19.7 Å². The summed E-state index contributed by atoms with van der Waals surface area (Å²) in [6.45, 7) is 4.47. The van der Waals surface area contributed by atoms with Crippen molar-refractivity contribution in [2.24, 2.45) is 5.92 Å². The van der Waals surface area contributed by atoms with Crippen molar-refractivity contribution >= 4 is 6.03 Å². The van der Waals surface area contributed by atoms with E-state index in [1.807, 2.05) is 0 Å². The molecule has 5 heteroatoms. The van der Waals surface area contributed by atoms with Crippen LogP contribution in [0.25, 0.3) is 0 Å². The number of ether oxygens (including phenoxy) is 1. The third-order valence-electron chi connectivity index (χ3n) is 3.54. The summed E-state index contributed by atoms with van der Waals surface area (Å²) >= 11 is 0. The molecule has 2 amide bonds. The lowest BCUT2D eigenvalue weighted by molar-refractivity contribution is 0.186. The van der Waals surface area contributed by atoms with Crippen LogP contribution in [0.2, 0.25) is 0 Å². The molecule has 2 saturated heterocycles. The highest BCUT2D eigenvalue weighted by Gasteiger charge is 2.20. The topological polar surface area (TPSA) is 53.6 Å². The second-order valence-electron chi connectivity index (χ2n) is 5.19. The average molecular weight is 241 g/mol. The zero-order valence-electron chi connectivity index (χ0n) is 10.6. The number of hydrogen-bond donors (Lipinski definition) is 2. The van der Waals surface area contributed by atoms with Crippen molar-refractivity contribution in [2.75, 3.05) is 39.9 Å². The minimum atomic E-state index is -0.0475. The Morgan fingerprint density at radius 1 is 1.47 bits per heavy atom. The molecule has 98 valence electrons. The summed E-state index contributed by atoms with van der Waals surface area (Å²) in [6.07, 6.45) is 3.39. The lowest BCUT2D eigenvalue weighted by atomic mass is 9.99. The van der Waals surface area contributed by atoms with Crippen LogP contribution in [0.5, 0.6) is 0 Å². The number of nitrogens with zero attached hydrogens (tertiary/aromatic N) is 1. The summed E-state index contributed by atoms with van der Waals surface area (Å²) in [7, 11) is 2.14. The Hall–Kier alpha value is -0.810. The fourth-order valence-corrected chi connectivity index (χ4v) is 2.56. The van der Waals surface area contributed by atoms with Crippen LogP contribution in [0.4, 0.5) is 4.79 Å². The van der Waals surface area contributed by atoms with E-state index in [1.54, 1.807) is 0 Å². The molecule has 0 aliphatic carbocycles. The summed E-state index contributed by atoms with van der Waals surface area (Å²) in [6, 6.07) is 0.151. The Morgan fingerprint density at radius 3 is 3.06 bits per heavy atom. The van der Waals surface area contributed by atoms with E-state index in [4.69, 9.17) is 4.74 Å². The Kier molecular flexibility index (Phi) is 4.62. The number of rotatable bonds is 3. The molecule has 0 aromatic rings. The fourth-order valence-electron chi connectivity index (χ4n) is 2.56. The van der Waals surface area contributed by atoms with Crippen molar-refractivity contribution in [3.63, 3.8) is 0 Å². The highest BCUT2D eigenvalue weighted by atomic mass is 16.5. The van der Waals surface area contributed by atoms with Gasteiger partial charge in [-0.1, -0.05) is 0 Å². The second-order valence-corrected chi connectivity index (χ2v) is 5.19. The first-order valence-corrected chi connectivity index (χ1v) is 6.54. The Bertz CT molecular complexity index is 254. The Morgan fingerprint density at radius 2 is 2.35 bits per heavy atom. The number of hydrogen-bond acceptors (Lipinski definition) is 3. The quantitative estimate of drug-likeness (QED) is 0.753. The molecule has 0 aromatic heterocycles. The normalized spacial score (nSPS) is 30.2. The third kappa shape index (κ3) is 4.16. The fraction of sp³-hybridized carbons (Fsp3) is 0.917. The number of carbonyl (C=O) groups excluding carboxylic acids is 1. The second kappa shape index (κ2) is 6.21. The molecule has 5 nitrogen and oxygen atoms in total. The van der Waals surface area contributed by atoms with Crippen LogP contribution in [-0.2, 0) is 4.74 Å². The van der Waals surface area contributed by atoms with Crippen LogP contribution in [-0.4, -0.2) is 56.9 Å². The first-order valence-electron chi connectivity index (χ1n) is 6.54. The van der Waals surface area contributed by atoms with Crippen LogP contribution in [0.3, 0.4) is 0 Å². The maximum Gasteiger partial charge on any atom is 0.315 e. The highest BCUT2D eigenvalue weighted by Crippen LogP contribution is 2.13. The number of amides is 2. The maximum absolute atomic E-state index is 11.6. The van der Waals surface area contributed by atoms with Gasteiger partial charge in [0.2, 0.25) is 0 Å². The summed E-state index contributed by atoms with van der Waals surface area (Å²) in [4.78, 5) is 14.0. The first kappa shape index (κ1) is 12.6. The van der Waals surface area contributed by atoms with Gasteiger partial charge in [-0.3, -0.25) is 0 Å². The van der Waals surface area contributed by atoms with E-state index in [-0.39, 0.29) is 12.1 Å². The largest absolute Gasteiger partial charge is 0.379 e. The van der Waals surface area contributed by atoms with Crippen LogP contribution < -0.4 is 10.6 Å². The monoisotopic (exact) mass is 241 g/mol. The van der Waals surface area contributed by atoms with Crippen LogP contribution >= 0.6 is 0 Å². The molecular weight excluding hydrogens is 218 g/mol. The predicted octanol–water partition coefficient (Wildman–Crippen LogP) is 0.416. The minimum Gasteiger partial charge on any atom is -0.379 e. The minimum absolute atomic E-state index is 0.0475. The predicted molar refractivity (Wildman–Crippen MR) is 66.0 cm³/mol. The molecule has 2 atom stereocenters. The zero-order valence-corrected chi connectivity index (χ0v) is 10.6. The molecule has 2 heterocycles. The molecule has 0 aromatic carbocycles. The smallest absolute Gasteiger partial charge is 0.315 e. The van der Waals surface area contributed by atoms with E-state index in [1.165, 1.54) is 19.4 Å². The molecule has 2 fully saturated rings. The standard InChI is InChI=1S/C12H23N3O2/c1-15-5-2-3-10(8-15)7-13-12(16)14-11-4-6-17-9-11/h10-11H,2-9H2,1H3,(H2,13,14,16). The van der Waals surface area contributed by atoms with Crippen molar-refractivity contribution < 1.29 is 9.53 Å². The zero-order chi connectivity index (χ0) is 12.1. The molecule has 0 spiro atoms. The maximum atomic E-state index is 11.6. The number of piperidine rings is 1. The molecule has 17 heavy (non-hydrogen) atoms. The molecule has 0 saturated carbocycles. The molecule has 2 N–H and O–H groups in total. The van der Waals surface area contributed by atoms with E-state index in [0.717, 1.165) is 26.1 Å². The van der Waals surface area contributed by atoms with Gasteiger partial charge in [-0.2, -0.15) is 0 Å². The van der Waals surface area contributed by atoms with Crippen molar-refractivity contribution in [1.82, 2.24) is 15.5 Å². The van der Waals surface area contributed by atoms with Gasteiger partial charge in [-0.15, -0.1) is 0 Å². The lowest BCUT2D eigenvalue weighted by Gasteiger charge is -2.29. The summed E-state index contributed by atoms with van der Waals surface area (Å²) in [5.74, 6) is 0.597. The van der Waals surface area contributed by atoms with Crippen molar-refractivity contribution in [1.29, 1.82) is 0 Å². The van der Waals surface area contributed by atoms with Gasteiger partial charge in [0.05, 0.1) is 12.6 Å². The van der Waals surface area contributed by atoms with Gasteiger partial charge in [-0.05, 0) is 38.8 Å². The van der Waals surface area contributed by atoms with Crippen LogP contribution in [0, 0.1) is 5.92 Å². The molecule has 0 bridgehead atoms. The van der Waals surface area contributed by atoms with E-state index >= 15 is 0 Å². The van der Waals surface area contributed by atoms with E-state index < -0.39 is 0 Å². The van der Waals surface area contributed by atoms with Crippen LogP contribution in [0.15, 0.2) is 0 Å². The van der Waals surface area contributed by atoms with Gasteiger partial charge < -0.3 is 20.3 Å². The third-order valence-corrected chi connectivity index (χ3v) is 3.54. The number of urea groups is 1. The molecule has 2 rings (SSSR count). The van der Waals surface area contributed by atoms with Crippen LogP contribution in [0.1, 0.15) is 19.3 Å². The molecule has 0 radical (unpaired) electrons. The Balaban J connectivity index is 1.61. The average Bonchev–Trinajstić information content (AvgIpc) is 2.79. The number of carbonyl (C=O) groups is 1. The van der Waals surface area contributed by atoms with Gasteiger partial charge in [0.1, 0.15) is 0 Å². The van der Waals surface area contributed by atoms with Gasteiger partial charge >= 0.3 is 6.03 Å². The molecule has 2 unspecified atom stereocenters. The van der Waals surface area contributed by atoms with Gasteiger partial charge in [0.25, 0.3) is 0 Å². The summed E-state index contributed by atoms with van der Waals surface area (Å²) in [5.41, 5.74) is 0. The molecule has 2 aliphatic rings. The molecule has 2 aliphatic heterocycles. The van der Waals surface area contributed by atoms with E-state index in [2.05, 4.69) is 22.6 Å². The highest BCUT2D eigenvalue weighted by molar-refractivity contribution is 5.74. The van der Waals surface area contributed by atoms with Gasteiger partial charge in [0.15, 0.2) is 0 Å². The molecular formula is C12H23N3O2. The number of likely N-dealkylation sites (tertiary alicyclic amines) is 1. The lowest BCUT2D eigenvalue weighted by Crippen LogP contribution is -2.46. The Labute approximate surface area is 103 Å². The van der Waals surface area contributed by atoms with Crippen molar-refractivity contribution in [2.45, 2.75) is 25.3 Å². The van der Waals surface area contributed by atoms with Crippen molar-refractivity contribution in [3.8, 4) is 0 Å². The van der Waals surface area contributed by atoms with Gasteiger partial charge in [-0.25, -0.2) is 4.79 Å². The number of nitrogens with one attached hydrogen (secondary N) is 2. The van der Waals surface area contributed by atoms with E-state index in [9.17, 15) is 4.79 Å². The van der Waals surface area contributed by atoms with Crippen molar-refractivity contribution in [3.05, 3.63) is 0 Å². The first-order chi connectivity index (χ1) is 8.24. The summed E-state index contributed by atoms with van der Waals surface area (Å²) < 4.78 is 5.22. The SMILES string of the molecule is CN1CCCC(CNC(=O)NC2CCOC2)C1.